The zero-order chi connectivity index (χ0) is 6.69. The van der Waals surface area contributed by atoms with Gasteiger partial charge in [0.05, 0.1) is 0 Å². The van der Waals surface area contributed by atoms with E-state index in [0.29, 0.717) is 0 Å². The highest BCUT2D eigenvalue weighted by atomic mass is 16.1. The Morgan fingerprint density at radius 1 is 1.67 bits per heavy atom. The number of hydrogen-bond acceptors (Lipinski definition) is 2. The first-order valence-electron chi connectivity index (χ1n) is 3.50. The smallest absolute Gasteiger partial charge is 0.124 e. The van der Waals surface area contributed by atoms with Crippen LogP contribution in [0.1, 0.15) is 13.3 Å². The van der Waals surface area contributed by atoms with E-state index >= 15 is 0 Å². The van der Waals surface area contributed by atoms with E-state index in [1.54, 1.807) is 0 Å². The molecule has 0 radical (unpaired) electrons. The van der Waals surface area contributed by atoms with Gasteiger partial charge in [-0.05, 0) is 19.5 Å². The number of nitrogens with zero attached hydrogens (tertiary/aromatic N) is 1. The molecule has 1 fully saturated rings. The van der Waals surface area contributed by atoms with E-state index in [1.165, 1.54) is 19.5 Å². The molecule has 1 atom stereocenters. The summed E-state index contributed by atoms with van der Waals surface area (Å²) in [5, 5.41) is 0. The lowest BCUT2D eigenvalue weighted by molar-refractivity contribution is -0.111. The van der Waals surface area contributed by atoms with Crippen LogP contribution in [0.25, 0.3) is 0 Å². The molecular formula is C7H13NO. The summed E-state index contributed by atoms with van der Waals surface area (Å²) >= 11 is 0. The first-order chi connectivity index (χ1) is 4.33. The van der Waals surface area contributed by atoms with Crippen molar-refractivity contribution < 1.29 is 4.79 Å². The second-order valence-corrected chi connectivity index (χ2v) is 2.77. The lowest BCUT2D eigenvalue weighted by atomic mass is 10.1. The van der Waals surface area contributed by atoms with Crippen molar-refractivity contribution in [3.05, 3.63) is 0 Å². The molecule has 1 heterocycles. The van der Waals surface area contributed by atoms with Gasteiger partial charge in [0, 0.05) is 12.5 Å². The van der Waals surface area contributed by atoms with Crippen molar-refractivity contribution in [2.24, 2.45) is 5.92 Å². The van der Waals surface area contributed by atoms with Gasteiger partial charge in [-0.3, -0.25) is 0 Å². The average Bonchev–Trinajstić information content (AvgIpc) is 1.78. The van der Waals surface area contributed by atoms with Crippen molar-refractivity contribution in [2.45, 2.75) is 13.3 Å². The lowest BCUT2D eigenvalue weighted by Gasteiger charge is -2.31. The molecular weight excluding hydrogens is 114 g/mol. The standard InChI is InChI=1S/C7H13NO/c1-7(6-9)5-8-3-2-4-8/h6-7H,2-5H2,1H3. The molecule has 1 unspecified atom stereocenters. The molecule has 0 aromatic heterocycles. The molecule has 0 saturated carbocycles. The van der Waals surface area contributed by atoms with Gasteiger partial charge in [0.15, 0.2) is 0 Å². The molecule has 1 saturated heterocycles. The summed E-state index contributed by atoms with van der Waals surface area (Å²) in [4.78, 5) is 12.5. The fraction of sp³-hybridized carbons (Fsp3) is 0.857. The van der Waals surface area contributed by atoms with Crippen LogP contribution in [-0.2, 0) is 4.79 Å². The molecule has 1 rings (SSSR count). The van der Waals surface area contributed by atoms with Gasteiger partial charge in [-0.1, -0.05) is 6.92 Å². The number of rotatable bonds is 3. The molecule has 0 N–H and O–H groups in total. The molecule has 1 aliphatic rings. The number of hydrogen-bond donors (Lipinski definition) is 0. The largest absolute Gasteiger partial charge is 0.303 e. The molecule has 0 spiro atoms. The van der Waals surface area contributed by atoms with Crippen LogP contribution in [0.3, 0.4) is 0 Å². The Balaban J connectivity index is 2.08. The van der Waals surface area contributed by atoms with Gasteiger partial charge >= 0.3 is 0 Å². The molecule has 0 aromatic rings. The summed E-state index contributed by atoms with van der Waals surface area (Å²) in [6.45, 7) is 5.31. The summed E-state index contributed by atoms with van der Waals surface area (Å²) < 4.78 is 0. The highest BCUT2D eigenvalue weighted by Crippen LogP contribution is 2.07. The molecule has 2 heteroatoms. The highest BCUT2D eigenvalue weighted by molar-refractivity contribution is 5.53. The van der Waals surface area contributed by atoms with Crippen LogP contribution in [0.15, 0.2) is 0 Å². The summed E-state index contributed by atoms with van der Waals surface area (Å²) in [6.07, 6.45) is 2.34. The van der Waals surface area contributed by atoms with E-state index in [4.69, 9.17) is 0 Å². The third kappa shape index (κ3) is 1.79. The number of aldehydes is 1. The maximum absolute atomic E-state index is 10.2. The van der Waals surface area contributed by atoms with Crippen LogP contribution >= 0.6 is 0 Å². The van der Waals surface area contributed by atoms with Gasteiger partial charge in [0.1, 0.15) is 6.29 Å². The van der Waals surface area contributed by atoms with E-state index in [-0.39, 0.29) is 5.92 Å². The third-order valence-electron chi connectivity index (χ3n) is 1.73. The number of carbonyl (C=O) groups is 1. The minimum atomic E-state index is 0.227. The fourth-order valence-electron chi connectivity index (χ4n) is 1.01. The van der Waals surface area contributed by atoms with E-state index in [2.05, 4.69) is 4.90 Å². The van der Waals surface area contributed by atoms with Crippen LogP contribution in [0, 0.1) is 5.92 Å². The van der Waals surface area contributed by atoms with Crippen LogP contribution in [0.2, 0.25) is 0 Å². The van der Waals surface area contributed by atoms with Crippen molar-refractivity contribution in [3.63, 3.8) is 0 Å². The van der Waals surface area contributed by atoms with E-state index < -0.39 is 0 Å². The molecule has 52 valence electrons. The van der Waals surface area contributed by atoms with Crippen LogP contribution in [0.5, 0.6) is 0 Å². The Hall–Kier alpha value is -0.370. The first kappa shape index (κ1) is 6.75. The highest BCUT2D eigenvalue weighted by Gasteiger charge is 2.15. The Bertz CT molecular complexity index is 99.1. The Kier molecular flexibility index (Phi) is 2.22. The molecule has 1 aliphatic heterocycles. The van der Waals surface area contributed by atoms with Crippen molar-refractivity contribution in [2.75, 3.05) is 19.6 Å². The topological polar surface area (TPSA) is 20.3 Å². The Morgan fingerprint density at radius 3 is 2.67 bits per heavy atom. The van der Waals surface area contributed by atoms with Gasteiger partial charge in [-0.25, -0.2) is 0 Å². The summed E-state index contributed by atoms with van der Waals surface area (Å²) in [5.74, 6) is 0.227. The quantitative estimate of drug-likeness (QED) is 0.515. The second-order valence-electron chi connectivity index (χ2n) is 2.77. The normalized spacial score (nSPS) is 22.8. The predicted molar refractivity (Wildman–Crippen MR) is 36.3 cm³/mol. The van der Waals surface area contributed by atoms with Gasteiger partial charge < -0.3 is 9.69 Å². The molecule has 9 heavy (non-hydrogen) atoms. The fourth-order valence-corrected chi connectivity index (χ4v) is 1.01. The monoisotopic (exact) mass is 127 g/mol. The van der Waals surface area contributed by atoms with Gasteiger partial charge in [0.2, 0.25) is 0 Å². The SMILES string of the molecule is CC(C=O)CN1CCC1. The van der Waals surface area contributed by atoms with E-state index in [0.717, 1.165) is 12.8 Å². The van der Waals surface area contributed by atoms with Crippen LogP contribution in [-0.4, -0.2) is 30.8 Å². The van der Waals surface area contributed by atoms with E-state index in [1.807, 2.05) is 6.92 Å². The molecule has 0 amide bonds. The maximum Gasteiger partial charge on any atom is 0.124 e. The third-order valence-corrected chi connectivity index (χ3v) is 1.73. The van der Waals surface area contributed by atoms with Crippen molar-refractivity contribution in [1.29, 1.82) is 0 Å². The van der Waals surface area contributed by atoms with Crippen LogP contribution < -0.4 is 0 Å². The maximum atomic E-state index is 10.2. The predicted octanol–water partition coefficient (Wildman–Crippen LogP) is 0.527. The summed E-state index contributed by atoms with van der Waals surface area (Å²) in [6, 6.07) is 0. The second kappa shape index (κ2) is 2.97. The summed E-state index contributed by atoms with van der Waals surface area (Å²) in [5.41, 5.74) is 0. The minimum Gasteiger partial charge on any atom is -0.303 e. The van der Waals surface area contributed by atoms with E-state index in [9.17, 15) is 4.79 Å². The number of carbonyl (C=O) groups excluding carboxylic acids is 1. The molecule has 2 nitrogen and oxygen atoms in total. The van der Waals surface area contributed by atoms with Crippen molar-refractivity contribution in [1.82, 2.24) is 4.90 Å². The first-order valence-corrected chi connectivity index (χ1v) is 3.50. The number of likely N-dealkylation sites (tertiary alicyclic amines) is 1. The van der Waals surface area contributed by atoms with Crippen molar-refractivity contribution in [3.8, 4) is 0 Å². The molecule has 0 bridgehead atoms. The minimum absolute atomic E-state index is 0.227. The van der Waals surface area contributed by atoms with Gasteiger partial charge in [-0.15, -0.1) is 0 Å². The molecule has 0 aromatic carbocycles. The zero-order valence-corrected chi connectivity index (χ0v) is 5.84. The zero-order valence-electron chi connectivity index (χ0n) is 5.84. The lowest BCUT2D eigenvalue weighted by Crippen LogP contribution is -2.40. The van der Waals surface area contributed by atoms with Gasteiger partial charge in [0.25, 0.3) is 0 Å². The van der Waals surface area contributed by atoms with Crippen molar-refractivity contribution >= 4 is 6.29 Å². The Morgan fingerprint density at radius 2 is 2.33 bits per heavy atom. The Labute approximate surface area is 55.8 Å². The average molecular weight is 127 g/mol. The summed E-state index contributed by atoms with van der Waals surface area (Å²) in [7, 11) is 0. The van der Waals surface area contributed by atoms with Crippen LogP contribution in [0.4, 0.5) is 0 Å². The molecule has 0 aliphatic carbocycles. The van der Waals surface area contributed by atoms with Gasteiger partial charge in [-0.2, -0.15) is 0 Å².